The van der Waals surface area contributed by atoms with Gasteiger partial charge in [0.15, 0.2) is 5.78 Å². The lowest BCUT2D eigenvalue weighted by molar-refractivity contribution is -0.123. The number of rotatable bonds is 9. The zero-order valence-corrected chi connectivity index (χ0v) is 18.6. The Morgan fingerprint density at radius 1 is 1.07 bits per heavy atom. The van der Waals surface area contributed by atoms with Crippen LogP contribution in [0.15, 0.2) is 30.3 Å². The quantitative estimate of drug-likeness (QED) is 0.596. The van der Waals surface area contributed by atoms with Crippen molar-refractivity contribution in [2.24, 2.45) is 11.8 Å². The molecule has 0 saturated carbocycles. The normalized spacial score (nSPS) is 14.4. The van der Waals surface area contributed by atoms with E-state index >= 15 is 0 Å². The van der Waals surface area contributed by atoms with Crippen LogP contribution < -0.4 is 5.32 Å². The number of carbonyl (C=O) groups is 2. The highest BCUT2D eigenvalue weighted by molar-refractivity contribution is 7.54. The van der Waals surface area contributed by atoms with E-state index in [2.05, 4.69) is 5.32 Å². The monoisotopic (exact) mass is 413 g/mol. The van der Waals surface area contributed by atoms with Crippen LogP contribution in [-0.4, -0.2) is 37.9 Å². The van der Waals surface area contributed by atoms with Gasteiger partial charge in [-0.1, -0.05) is 44.2 Å². The van der Waals surface area contributed by atoms with E-state index in [0.29, 0.717) is 0 Å². The van der Waals surface area contributed by atoms with E-state index in [-0.39, 0.29) is 17.9 Å². The molecule has 1 rings (SSSR count). The number of benzene rings is 1. The van der Waals surface area contributed by atoms with E-state index in [1.165, 1.54) is 14.2 Å². The zero-order chi connectivity index (χ0) is 21.5. The maximum atomic E-state index is 13.1. The van der Waals surface area contributed by atoms with E-state index in [4.69, 9.17) is 13.8 Å². The largest absolute Gasteiger partial charge is 0.444 e. The van der Waals surface area contributed by atoms with Crippen molar-refractivity contribution in [1.29, 1.82) is 0 Å². The first-order valence-corrected chi connectivity index (χ1v) is 10.9. The molecule has 158 valence electrons. The second kappa shape index (κ2) is 10.2. The van der Waals surface area contributed by atoms with Gasteiger partial charge >= 0.3 is 13.7 Å². The molecule has 1 N–H and O–H groups in total. The van der Waals surface area contributed by atoms with Crippen LogP contribution in [0.25, 0.3) is 0 Å². The highest BCUT2D eigenvalue weighted by Crippen LogP contribution is 2.47. The van der Waals surface area contributed by atoms with Crippen molar-refractivity contribution in [2.75, 3.05) is 20.4 Å². The number of hydrogen-bond donors (Lipinski definition) is 1. The summed E-state index contributed by atoms with van der Waals surface area (Å²) in [5.74, 6) is -1.10. The molecule has 0 aromatic heterocycles. The molecule has 7 nitrogen and oxygen atoms in total. The van der Waals surface area contributed by atoms with Gasteiger partial charge in [-0.05, 0) is 32.3 Å². The van der Waals surface area contributed by atoms with E-state index in [9.17, 15) is 14.2 Å². The Balaban J connectivity index is 3.24. The fraction of sp³-hybridized carbons (Fsp3) is 0.600. The van der Waals surface area contributed by atoms with Crippen LogP contribution in [0.3, 0.4) is 0 Å². The number of nitrogens with one attached hydrogen (secondary N) is 1. The average Bonchev–Trinajstić information content (AvgIpc) is 2.59. The number of amides is 1. The van der Waals surface area contributed by atoms with Crippen LogP contribution in [-0.2, 0) is 23.1 Å². The summed E-state index contributed by atoms with van der Waals surface area (Å²) in [4.78, 5) is 25.5. The Bertz CT molecular complexity index is 690. The van der Waals surface area contributed by atoms with Crippen molar-refractivity contribution < 1.29 is 27.9 Å². The minimum atomic E-state index is -3.52. The maximum absolute atomic E-state index is 13.1. The van der Waals surface area contributed by atoms with Gasteiger partial charge in [-0.25, -0.2) is 4.79 Å². The first-order chi connectivity index (χ1) is 12.9. The Labute approximate surface area is 167 Å². The zero-order valence-electron chi connectivity index (χ0n) is 17.7. The third-order valence-electron chi connectivity index (χ3n) is 4.19. The Morgan fingerprint density at radius 2 is 1.61 bits per heavy atom. The van der Waals surface area contributed by atoms with Gasteiger partial charge in [0, 0.05) is 20.1 Å². The molecular formula is C20H32NO6P. The lowest BCUT2D eigenvalue weighted by Crippen LogP contribution is -2.42. The van der Waals surface area contributed by atoms with Gasteiger partial charge in [-0.2, -0.15) is 0 Å². The Kier molecular flexibility index (Phi) is 8.86. The highest BCUT2D eigenvalue weighted by atomic mass is 31.2. The summed E-state index contributed by atoms with van der Waals surface area (Å²) in [5, 5.41) is 2.82. The van der Waals surface area contributed by atoms with Gasteiger partial charge in [0.25, 0.3) is 0 Å². The van der Waals surface area contributed by atoms with Crippen LogP contribution in [0, 0.1) is 11.8 Å². The van der Waals surface area contributed by atoms with Crippen molar-refractivity contribution in [1.82, 2.24) is 5.32 Å². The molecular weight excluding hydrogens is 381 g/mol. The molecule has 0 fully saturated rings. The van der Waals surface area contributed by atoms with Gasteiger partial charge in [0.2, 0.25) is 0 Å². The molecule has 0 bridgehead atoms. The summed E-state index contributed by atoms with van der Waals surface area (Å²) >= 11 is 0. The molecule has 0 aliphatic carbocycles. The van der Waals surface area contributed by atoms with Crippen LogP contribution in [0.1, 0.15) is 46.2 Å². The maximum Gasteiger partial charge on any atom is 0.408 e. The molecule has 0 radical (unpaired) electrons. The van der Waals surface area contributed by atoms with Crippen molar-refractivity contribution in [3.05, 3.63) is 35.9 Å². The minimum absolute atomic E-state index is 0.144. The first-order valence-electron chi connectivity index (χ1n) is 9.20. The molecule has 8 heteroatoms. The highest BCUT2D eigenvalue weighted by Gasteiger charge is 2.38. The first kappa shape index (κ1) is 24.3. The summed E-state index contributed by atoms with van der Waals surface area (Å²) in [6.45, 7) is 9.05. The molecule has 1 aromatic carbocycles. The molecule has 2 atom stereocenters. The van der Waals surface area contributed by atoms with Crippen LogP contribution in [0.2, 0.25) is 0 Å². The number of carbonyl (C=O) groups excluding carboxylic acids is 2. The minimum Gasteiger partial charge on any atom is -0.444 e. The van der Waals surface area contributed by atoms with E-state index < -0.39 is 31.2 Å². The van der Waals surface area contributed by atoms with E-state index in [1.807, 2.05) is 44.2 Å². The average molecular weight is 413 g/mol. The second-order valence-corrected chi connectivity index (χ2v) is 10.2. The molecule has 0 saturated heterocycles. The third-order valence-corrected chi connectivity index (χ3v) is 6.00. The SMILES string of the molecule is COP(=O)(CC(=O)[C@H](C(C)C)[C@H](NC(=O)OC(C)(C)C)c1ccccc1)OC. The summed E-state index contributed by atoms with van der Waals surface area (Å²) in [6, 6.07) is 8.52. The lowest BCUT2D eigenvalue weighted by atomic mass is 9.82. The third kappa shape index (κ3) is 7.38. The molecule has 0 spiro atoms. The van der Waals surface area contributed by atoms with Gasteiger partial charge in [-0.3, -0.25) is 9.36 Å². The Hall–Kier alpha value is -1.69. The molecule has 0 aliphatic rings. The van der Waals surface area contributed by atoms with Crippen LogP contribution in [0.5, 0.6) is 0 Å². The van der Waals surface area contributed by atoms with Crippen LogP contribution >= 0.6 is 7.60 Å². The Morgan fingerprint density at radius 3 is 2.04 bits per heavy atom. The van der Waals surface area contributed by atoms with Gasteiger partial charge < -0.3 is 19.1 Å². The summed E-state index contributed by atoms with van der Waals surface area (Å²) < 4.78 is 27.7. The number of hydrogen-bond acceptors (Lipinski definition) is 6. The fourth-order valence-electron chi connectivity index (χ4n) is 2.92. The fourth-order valence-corrected chi connectivity index (χ4v) is 3.92. The molecule has 1 aromatic rings. The number of ketones is 1. The molecule has 0 heterocycles. The van der Waals surface area contributed by atoms with Gasteiger partial charge in [0.05, 0.1) is 6.04 Å². The van der Waals surface area contributed by atoms with Gasteiger partial charge in [0.1, 0.15) is 11.8 Å². The van der Waals surface area contributed by atoms with Crippen molar-refractivity contribution in [3.8, 4) is 0 Å². The summed E-state index contributed by atoms with van der Waals surface area (Å²) in [6.07, 6.45) is -0.996. The predicted octanol–water partition coefficient (Wildman–Crippen LogP) is 4.58. The predicted molar refractivity (Wildman–Crippen MR) is 108 cm³/mol. The number of Topliss-reactive ketones (excluding diaryl/α,β-unsaturated/α-hetero) is 1. The summed E-state index contributed by atoms with van der Waals surface area (Å²) in [5.41, 5.74) is 0.0786. The topological polar surface area (TPSA) is 90.9 Å². The molecule has 0 unspecified atom stereocenters. The van der Waals surface area contributed by atoms with Crippen molar-refractivity contribution in [2.45, 2.75) is 46.3 Å². The smallest absolute Gasteiger partial charge is 0.408 e. The van der Waals surface area contributed by atoms with Gasteiger partial charge in [-0.15, -0.1) is 0 Å². The number of alkyl carbamates (subject to hydrolysis) is 1. The molecule has 28 heavy (non-hydrogen) atoms. The van der Waals surface area contributed by atoms with E-state index in [0.717, 1.165) is 5.56 Å². The van der Waals surface area contributed by atoms with Crippen LogP contribution in [0.4, 0.5) is 4.79 Å². The van der Waals surface area contributed by atoms with Crippen molar-refractivity contribution in [3.63, 3.8) is 0 Å². The van der Waals surface area contributed by atoms with Crippen molar-refractivity contribution >= 4 is 19.5 Å². The lowest BCUT2D eigenvalue weighted by Gasteiger charge is -2.32. The van der Waals surface area contributed by atoms with E-state index in [1.54, 1.807) is 20.8 Å². The molecule has 0 aliphatic heterocycles. The second-order valence-electron chi connectivity index (χ2n) is 7.90. The standard InChI is InChI=1S/C20H32NO6P/c1-14(2)17(16(22)13-28(24,25-6)26-7)18(15-11-9-8-10-12-15)21-19(23)27-20(3,4)5/h8-12,14,17-18H,13H2,1-7H3,(H,21,23)/t17-,18+/m0/s1. The molecule has 1 amide bonds. The summed E-state index contributed by atoms with van der Waals surface area (Å²) in [7, 11) is -1.03. The number of ether oxygens (including phenoxy) is 1.